The van der Waals surface area contributed by atoms with E-state index in [0.29, 0.717) is 0 Å². The number of rotatable bonds is 0. The van der Waals surface area contributed by atoms with Gasteiger partial charge in [-0.25, -0.2) is 12.2 Å². The minimum absolute atomic E-state index is 0. The fourth-order valence-electron chi connectivity index (χ4n) is 2.24. The molecular formula is C20H20Cl2GeHf-2. The van der Waals surface area contributed by atoms with E-state index in [2.05, 4.69) is 78.3 Å². The second-order valence-electron chi connectivity index (χ2n) is 5.32. The first kappa shape index (κ1) is 23.8. The minimum atomic E-state index is -0.194. The number of benzene rings is 2. The van der Waals surface area contributed by atoms with Gasteiger partial charge < -0.3 is 24.8 Å². The van der Waals surface area contributed by atoms with Gasteiger partial charge in [-0.1, -0.05) is 36.4 Å². The molecular weight excluding hydrogens is 562 g/mol. The van der Waals surface area contributed by atoms with Crippen LogP contribution in [0.25, 0.3) is 21.5 Å². The number of allylic oxidation sites excluding steroid dienone is 4. The SMILES string of the molecule is [C-]1=CC=CC1.[CH3][Ge]([CH3])=[Hf+2].[Cl-].[Cl-].c1ccc2c(c1)[cH-]c1ccccc12. The summed E-state index contributed by atoms with van der Waals surface area (Å²) in [5.41, 5.74) is 0. The molecule has 0 aliphatic heterocycles. The van der Waals surface area contributed by atoms with E-state index in [1.54, 1.807) is 0 Å². The van der Waals surface area contributed by atoms with Crippen LogP contribution in [-0.2, 0) is 21.3 Å². The van der Waals surface area contributed by atoms with Crippen molar-refractivity contribution in [2.45, 2.75) is 17.9 Å². The number of halogens is 2. The Labute approximate surface area is 173 Å². The third kappa shape index (κ3) is 7.78. The van der Waals surface area contributed by atoms with E-state index in [9.17, 15) is 0 Å². The van der Waals surface area contributed by atoms with Crippen molar-refractivity contribution in [1.82, 2.24) is 0 Å². The fourth-order valence-corrected chi connectivity index (χ4v) is 2.24. The molecule has 0 bridgehead atoms. The summed E-state index contributed by atoms with van der Waals surface area (Å²) in [5.74, 6) is 4.79. The van der Waals surface area contributed by atoms with E-state index >= 15 is 0 Å². The molecule has 0 spiro atoms. The smallest absolute Gasteiger partial charge is 0.0771 e. The number of hydrogen-bond donors (Lipinski definition) is 0. The summed E-state index contributed by atoms with van der Waals surface area (Å²) in [6, 6.07) is 19.3. The maximum Gasteiger partial charge on any atom is -0.0771 e. The fraction of sp³-hybridized carbons (Fsp3) is 0.150. The van der Waals surface area contributed by atoms with Crippen molar-refractivity contribution in [2.75, 3.05) is 0 Å². The van der Waals surface area contributed by atoms with Gasteiger partial charge in [0.05, 0.1) is 0 Å². The zero-order valence-electron chi connectivity index (χ0n) is 13.9. The molecule has 0 nitrogen and oxygen atoms in total. The Bertz CT molecular complexity index is 754. The molecule has 0 saturated heterocycles. The van der Waals surface area contributed by atoms with E-state index in [1.807, 2.05) is 12.2 Å². The van der Waals surface area contributed by atoms with Crippen LogP contribution in [0.4, 0.5) is 0 Å². The van der Waals surface area contributed by atoms with E-state index in [4.69, 9.17) is 0 Å². The molecule has 0 atom stereocenters. The molecule has 124 valence electrons. The Morgan fingerprint density at radius 1 is 0.917 bits per heavy atom. The number of fused-ring (bicyclic) bond motifs is 3. The Hall–Kier alpha value is -0.217. The van der Waals surface area contributed by atoms with Crippen LogP contribution in [0.5, 0.6) is 0 Å². The van der Waals surface area contributed by atoms with Crippen molar-refractivity contribution in [1.29, 1.82) is 0 Å². The monoisotopic (exact) mass is 584 g/mol. The van der Waals surface area contributed by atoms with Gasteiger partial charge in [-0.3, -0.25) is 6.08 Å². The van der Waals surface area contributed by atoms with Gasteiger partial charge in [0.2, 0.25) is 0 Å². The molecule has 4 rings (SSSR count). The number of hydrogen-bond acceptors (Lipinski definition) is 0. The molecule has 0 unspecified atom stereocenters. The molecule has 24 heavy (non-hydrogen) atoms. The van der Waals surface area contributed by atoms with Crippen molar-refractivity contribution >= 4 is 31.6 Å². The van der Waals surface area contributed by atoms with Gasteiger partial charge in [-0.15, -0.1) is 46.2 Å². The standard InChI is InChI=1S/C13H9.C5H5.C2H6Ge.2ClH.Hf/c1-3-7-12-10(5-1)9-11-6-2-4-8-13(11)12;1-2-4-5-3-1;1-3-2;;;/h1-9H;1-3H,4H2;1-2H3;2*1H;/q2*-1;;;;+2/p-2. The molecule has 0 saturated carbocycles. The summed E-state index contributed by atoms with van der Waals surface area (Å²) in [5, 5.41) is 5.39. The summed E-state index contributed by atoms with van der Waals surface area (Å²) in [6.45, 7) is 0. The second kappa shape index (κ2) is 13.0. The maximum atomic E-state index is 2.99. The van der Waals surface area contributed by atoms with Crippen LogP contribution in [0.1, 0.15) is 6.42 Å². The topological polar surface area (TPSA) is 0 Å². The van der Waals surface area contributed by atoms with Gasteiger partial charge >= 0.3 is 42.8 Å². The quantitative estimate of drug-likeness (QED) is 0.255. The van der Waals surface area contributed by atoms with Gasteiger partial charge in [-0.2, -0.15) is 6.08 Å². The zero-order valence-corrected chi connectivity index (χ0v) is 21.1. The molecule has 0 N–H and O–H groups in total. The van der Waals surface area contributed by atoms with Gasteiger partial charge in [0, 0.05) is 0 Å². The Morgan fingerprint density at radius 2 is 1.38 bits per heavy atom. The van der Waals surface area contributed by atoms with Gasteiger partial charge in [0.15, 0.2) is 0 Å². The molecule has 0 amide bonds. The van der Waals surface area contributed by atoms with Crippen molar-refractivity contribution in [3.8, 4) is 0 Å². The normalized spacial score (nSPS) is 10.8. The van der Waals surface area contributed by atoms with Crippen LogP contribution in [0.15, 0.2) is 72.8 Å². The predicted octanol–water partition coefficient (Wildman–Crippen LogP) is -0.190. The van der Waals surface area contributed by atoms with Crippen LogP contribution >= 0.6 is 0 Å². The summed E-state index contributed by atoms with van der Waals surface area (Å²) in [4.78, 5) is 0. The van der Waals surface area contributed by atoms with E-state index in [-0.39, 0.29) is 34.9 Å². The maximum absolute atomic E-state index is 2.99. The Balaban J connectivity index is 0.000000409. The predicted molar refractivity (Wildman–Crippen MR) is 96.1 cm³/mol. The third-order valence-corrected chi connectivity index (χ3v) is 3.11. The Morgan fingerprint density at radius 3 is 1.71 bits per heavy atom. The van der Waals surface area contributed by atoms with Gasteiger partial charge in [0.25, 0.3) is 0 Å². The first-order valence-corrected chi connectivity index (χ1v) is 22.0. The van der Waals surface area contributed by atoms with Crippen molar-refractivity contribution in [3.05, 3.63) is 78.9 Å². The molecule has 0 fully saturated rings. The van der Waals surface area contributed by atoms with Crippen LogP contribution in [0, 0.1) is 6.08 Å². The molecule has 3 aromatic rings. The van der Waals surface area contributed by atoms with Crippen LogP contribution in [-0.4, -0.2) is 10.1 Å². The summed E-state index contributed by atoms with van der Waals surface area (Å²) < 4.78 is 0. The first-order chi connectivity index (χ1) is 10.7. The molecule has 0 aromatic heterocycles. The largest absolute Gasteiger partial charge is 1.00 e. The average Bonchev–Trinajstić information content (AvgIpc) is 3.18. The summed E-state index contributed by atoms with van der Waals surface area (Å²) in [7, 11) is -0.194. The van der Waals surface area contributed by atoms with Crippen LogP contribution < -0.4 is 24.8 Å². The molecule has 1 aliphatic rings. The van der Waals surface area contributed by atoms with Crippen LogP contribution in [0.2, 0.25) is 11.5 Å². The molecule has 0 heterocycles. The second-order valence-corrected chi connectivity index (χ2v) is 28.2. The molecule has 4 heteroatoms. The van der Waals surface area contributed by atoms with E-state index in [0.717, 1.165) is 6.42 Å². The zero-order chi connectivity index (χ0) is 15.8. The third-order valence-electron chi connectivity index (χ3n) is 3.11. The molecule has 0 radical (unpaired) electrons. The van der Waals surface area contributed by atoms with E-state index < -0.39 is 0 Å². The van der Waals surface area contributed by atoms with Crippen LogP contribution in [0.3, 0.4) is 0 Å². The molecule has 1 aliphatic carbocycles. The van der Waals surface area contributed by atoms with Gasteiger partial charge in [-0.05, 0) is 0 Å². The van der Waals surface area contributed by atoms with Crippen molar-refractivity contribution in [2.24, 2.45) is 0 Å². The minimum Gasteiger partial charge on any atom is -1.00 e. The Kier molecular flexibility index (Phi) is 12.9. The van der Waals surface area contributed by atoms with Gasteiger partial charge in [0.1, 0.15) is 0 Å². The average molecular weight is 582 g/mol. The molecule has 3 aromatic carbocycles. The summed E-state index contributed by atoms with van der Waals surface area (Å²) in [6.07, 6.45) is 10.0. The van der Waals surface area contributed by atoms with Crippen molar-refractivity contribution < 1.29 is 46.1 Å². The van der Waals surface area contributed by atoms with Crippen molar-refractivity contribution in [3.63, 3.8) is 0 Å². The first-order valence-electron chi connectivity index (χ1n) is 7.45. The summed E-state index contributed by atoms with van der Waals surface area (Å²) >= 11 is 1.52. The van der Waals surface area contributed by atoms with E-state index in [1.165, 1.54) is 42.8 Å².